The average molecular weight is 462 g/mol. The summed E-state index contributed by atoms with van der Waals surface area (Å²) in [6.45, 7) is 6.23. The number of hydrogen-bond donors (Lipinski definition) is 0. The molecule has 192 valence electrons. The van der Waals surface area contributed by atoms with Crippen LogP contribution >= 0.6 is 0 Å². The van der Waals surface area contributed by atoms with Gasteiger partial charge in [0, 0.05) is 18.0 Å². The summed E-state index contributed by atoms with van der Waals surface area (Å²) in [5, 5.41) is 10.3. The summed E-state index contributed by atoms with van der Waals surface area (Å²) in [5.74, 6) is -1.11. The Labute approximate surface area is 206 Å². The van der Waals surface area contributed by atoms with Crippen LogP contribution in [0, 0.1) is 5.92 Å². The van der Waals surface area contributed by atoms with Crippen LogP contribution in [0.4, 0.5) is 0 Å². The molecular weight excluding hydrogens is 406 g/mol. The third-order valence-corrected chi connectivity index (χ3v) is 6.68. The van der Waals surface area contributed by atoms with E-state index in [-0.39, 0.29) is 5.92 Å². The second-order valence-corrected chi connectivity index (χ2v) is 10.6. The molecule has 0 aromatic heterocycles. The number of aliphatic carboxylic acids is 1. The highest BCUT2D eigenvalue weighted by Crippen LogP contribution is 2.29. The Hall–Kier alpha value is -1.35. The minimum atomic E-state index is -0.893. The van der Waals surface area contributed by atoms with Crippen molar-refractivity contribution in [3.63, 3.8) is 0 Å². The fourth-order valence-electron chi connectivity index (χ4n) is 4.44. The quantitative estimate of drug-likeness (QED) is 0.166. The maximum absolute atomic E-state index is 10.3. The summed E-state index contributed by atoms with van der Waals surface area (Å²) in [4.78, 5) is 10.3. The lowest BCUT2D eigenvalue weighted by atomic mass is 9.97. The molecule has 0 amide bonds. The van der Waals surface area contributed by atoms with Crippen molar-refractivity contribution >= 4 is 5.97 Å². The summed E-state index contributed by atoms with van der Waals surface area (Å²) in [6, 6.07) is 11.7. The van der Waals surface area contributed by atoms with Crippen LogP contribution < -0.4 is 5.11 Å². The van der Waals surface area contributed by atoms with Crippen molar-refractivity contribution < 1.29 is 14.4 Å². The van der Waals surface area contributed by atoms with Crippen molar-refractivity contribution in [2.75, 3.05) is 21.1 Å². The Kier molecular flexibility index (Phi) is 19.2. The molecule has 0 aliphatic heterocycles. The molecule has 0 aliphatic rings. The number of carbonyl (C=O) groups is 1. The van der Waals surface area contributed by atoms with E-state index in [0.29, 0.717) is 12.5 Å². The van der Waals surface area contributed by atoms with Crippen molar-refractivity contribution in [2.24, 2.45) is 5.92 Å². The van der Waals surface area contributed by atoms with E-state index in [1.165, 1.54) is 76.2 Å². The monoisotopic (exact) mass is 461 g/mol. The molecular formula is C30H55NO2. The van der Waals surface area contributed by atoms with Crippen molar-refractivity contribution in [3.8, 4) is 0 Å². The highest BCUT2D eigenvalue weighted by atomic mass is 16.4. The van der Waals surface area contributed by atoms with Crippen LogP contribution in [0.1, 0.15) is 129 Å². The van der Waals surface area contributed by atoms with Crippen LogP contribution in [0.15, 0.2) is 30.3 Å². The summed E-state index contributed by atoms with van der Waals surface area (Å²) in [6.07, 6.45) is 19.0. The molecule has 0 bridgehead atoms. The molecule has 2 atom stereocenters. The standard InChI is InChI=1S/C22H40N.C8H16O2/c1-5-6-7-8-9-10-11-12-13-17-20-22(23(2,3)4)21-18-15-14-16-19-21;1-3-5-6-7(4-2)8(9)10/h14-16,18-19,22H,5-13,17,20H2,1-4H3;7H,3-6H2,1-2H3,(H,9,10)/q+1;/p-1. The molecule has 1 rings (SSSR count). The van der Waals surface area contributed by atoms with Gasteiger partial charge in [-0.2, -0.15) is 0 Å². The van der Waals surface area contributed by atoms with Gasteiger partial charge in [-0.05, 0) is 25.2 Å². The Morgan fingerprint density at radius 3 is 1.64 bits per heavy atom. The molecule has 1 aromatic rings. The molecule has 0 aliphatic carbocycles. The highest BCUT2D eigenvalue weighted by molar-refractivity contribution is 5.67. The Morgan fingerprint density at radius 1 is 0.727 bits per heavy atom. The number of nitrogens with zero attached hydrogens (tertiary/aromatic N) is 1. The molecule has 3 heteroatoms. The van der Waals surface area contributed by atoms with Crippen molar-refractivity contribution in [1.82, 2.24) is 0 Å². The maximum atomic E-state index is 10.3. The number of quaternary nitrogens is 1. The van der Waals surface area contributed by atoms with Crippen LogP contribution in [0.25, 0.3) is 0 Å². The third kappa shape index (κ3) is 16.8. The van der Waals surface area contributed by atoms with Crippen LogP contribution in [0.3, 0.4) is 0 Å². The van der Waals surface area contributed by atoms with Gasteiger partial charge in [0.05, 0.1) is 21.1 Å². The molecule has 33 heavy (non-hydrogen) atoms. The highest BCUT2D eigenvalue weighted by Gasteiger charge is 2.24. The fraction of sp³-hybridized carbons (Fsp3) is 0.767. The third-order valence-electron chi connectivity index (χ3n) is 6.68. The smallest absolute Gasteiger partial charge is 0.114 e. The molecule has 3 nitrogen and oxygen atoms in total. The molecule has 0 heterocycles. The van der Waals surface area contributed by atoms with Gasteiger partial charge in [-0.25, -0.2) is 0 Å². The molecule has 0 saturated heterocycles. The minimum absolute atomic E-state index is 0.222. The molecule has 1 aromatic carbocycles. The van der Waals surface area contributed by atoms with Crippen LogP contribution in [0.2, 0.25) is 0 Å². The molecule has 2 unspecified atom stereocenters. The number of carboxylic acids is 1. The summed E-state index contributed by atoms with van der Waals surface area (Å²) < 4.78 is 1.03. The predicted molar refractivity (Wildman–Crippen MR) is 142 cm³/mol. The van der Waals surface area contributed by atoms with Gasteiger partial charge in [0.25, 0.3) is 0 Å². The first-order chi connectivity index (χ1) is 15.8. The number of rotatable bonds is 18. The van der Waals surface area contributed by atoms with Crippen molar-refractivity contribution in [1.29, 1.82) is 0 Å². The number of hydrogen-bond acceptors (Lipinski definition) is 2. The lowest BCUT2D eigenvalue weighted by Crippen LogP contribution is -2.38. The fourth-order valence-corrected chi connectivity index (χ4v) is 4.44. The van der Waals surface area contributed by atoms with Gasteiger partial charge >= 0.3 is 0 Å². The number of benzene rings is 1. The van der Waals surface area contributed by atoms with Gasteiger partial charge in [-0.15, -0.1) is 0 Å². The zero-order valence-corrected chi connectivity index (χ0v) is 22.9. The Bertz CT molecular complexity index is 564. The topological polar surface area (TPSA) is 40.1 Å². The number of carboxylic acid groups (broad SMARTS) is 1. The van der Waals surface area contributed by atoms with E-state index in [9.17, 15) is 9.90 Å². The van der Waals surface area contributed by atoms with Crippen LogP contribution in [-0.4, -0.2) is 31.6 Å². The second kappa shape index (κ2) is 20.1. The van der Waals surface area contributed by atoms with Gasteiger partial charge in [-0.1, -0.05) is 122 Å². The van der Waals surface area contributed by atoms with Crippen molar-refractivity contribution in [3.05, 3.63) is 35.9 Å². The van der Waals surface area contributed by atoms with E-state index in [4.69, 9.17) is 0 Å². The SMILES string of the molecule is CCCCC(CC)C(=O)[O-].CCCCCCCCCCCCC(c1ccccc1)[N+](C)(C)C. The van der Waals surface area contributed by atoms with Gasteiger partial charge < -0.3 is 14.4 Å². The first kappa shape index (κ1) is 31.6. The van der Waals surface area contributed by atoms with E-state index in [1.54, 1.807) is 0 Å². The van der Waals surface area contributed by atoms with Gasteiger partial charge in [0.15, 0.2) is 0 Å². The number of carbonyl (C=O) groups excluding carboxylic acids is 1. The molecule has 0 saturated carbocycles. The maximum Gasteiger partial charge on any atom is 0.114 e. The average Bonchev–Trinajstić information content (AvgIpc) is 2.78. The lowest BCUT2D eigenvalue weighted by molar-refractivity contribution is -0.902. The molecule has 0 N–H and O–H groups in total. The second-order valence-electron chi connectivity index (χ2n) is 10.6. The van der Waals surface area contributed by atoms with Crippen LogP contribution in [0.5, 0.6) is 0 Å². The van der Waals surface area contributed by atoms with Crippen molar-refractivity contribution in [2.45, 2.75) is 123 Å². The zero-order valence-electron chi connectivity index (χ0n) is 22.9. The first-order valence-corrected chi connectivity index (χ1v) is 13.8. The van der Waals surface area contributed by atoms with Gasteiger partial charge in [-0.3, -0.25) is 0 Å². The molecule has 0 spiro atoms. The largest absolute Gasteiger partial charge is 0.550 e. The van der Waals surface area contributed by atoms with E-state index in [1.807, 2.05) is 6.92 Å². The molecule has 0 radical (unpaired) electrons. The Morgan fingerprint density at radius 2 is 1.21 bits per heavy atom. The van der Waals surface area contributed by atoms with E-state index in [0.717, 1.165) is 23.7 Å². The van der Waals surface area contributed by atoms with Crippen LogP contribution in [-0.2, 0) is 4.79 Å². The summed E-state index contributed by atoms with van der Waals surface area (Å²) >= 11 is 0. The number of unbranched alkanes of at least 4 members (excludes halogenated alkanes) is 10. The molecule has 0 fully saturated rings. The van der Waals surface area contributed by atoms with E-state index in [2.05, 4.69) is 65.3 Å². The zero-order chi connectivity index (χ0) is 25.0. The lowest BCUT2D eigenvalue weighted by Gasteiger charge is -2.34. The van der Waals surface area contributed by atoms with Gasteiger partial charge in [0.2, 0.25) is 0 Å². The van der Waals surface area contributed by atoms with Gasteiger partial charge in [0.1, 0.15) is 6.04 Å². The van der Waals surface area contributed by atoms with E-state index < -0.39 is 5.97 Å². The first-order valence-electron chi connectivity index (χ1n) is 13.8. The minimum Gasteiger partial charge on any atom is -0.550 e. The van der Waals surface area contributed by atoms with E-state index >= 15 is 0 Å². The normalized spacial score (nSPS) is 13.2. The predicted octanol–water partition coefficient (Wildman–Crippen LogP) is 7.70. The summed E-state index contributed by atoms with van der Waals surface area (Å²) in [5.41, 5.74) is 1.50. The Balaban J connectivity index is 0.000000861. The summed E-state index contributed by atoms with van der Waals surface area (Å²) in [7, 11) is 6.98.